The van der Waals surface area contributed by atoms with Crippen molar-refractivity contribution in [2.75, 3.05) is 4.90 Å². The van der Waals surface area contributed by atoms with Crippen molar-refractivity contribution in [1.82, 2.24) is 0 Å². The molecule has 9 aromatic carbocycles. The number of benzene rings is 9. The Balaban J connectivity index is 1.08. The fraction of sp³-hybridized carbons (Fsp3) is 0.0645. The summed E-state index contributed by atoms with van der Waals surface area (Å²) in [6, 6.07) is 77.5. The largest absolute Gasteiger partial charge is 0.457 e. The van der Waals surface area contributed by atoms with Gasteiger partial charge in [0.2, 0.25) is 0 Å². The highest BCUT2D eigenvalue weighted by Gasteiger charge is 2.57. The van der Waals surface area contributed by atoms with E-state index in [1.54, 1.807) is 0 Å². The van der Waals surface area contributed by atoms with E-state index in [-0.39, 0.29) is 11.8 Å². The Morgan fingerprint density at radius 2 is 0.954 bits per heavy atom. The maximum absolute atomic E-state index is 7.41. The lowest BCUT2D eigenvalue weighted by Crippen LogP contribution is -2.38. The third-order valence-corrected chi connectivity index (χ3v) is 14.9. The molecule has 0 radical (unpaired) electrons. The molecule has 2 aliphatic heterocycles. The molecule has 0 N–H and O–H groups in total. The van der Waals surface area contributed by atoms with Crippen LogP contribution in [-0.2, 0) is 10.8 Å². The van der Waals surface area contributed by atoms with Crippen molar-refractivity contribution >= 4 is 17.1 Å². The maximum Gasteiger partial charge on any atom is 0.155 e. The van der Waals surface area contributed by atoms with Gasteiger partial charge in [0, 0.05) is 45.3 Å². The lowest BCUT2D eigenvalue weighted by molar-refractivity contribution is 0.375. The van der Waals surface area contributed by atoms with Crippen LogP contribution in [-0.4, -0.2) is 0 Å². The number of para-hydroxylation sites is 5. The van der Waals surface area contributed by atoms with Crippen LogP contribution in [0.5, 0.6) is 23.0 Å². The summed E-state index contributed by atoms with van der Waals surface area (Å²) >= 11 is 0. The molecule has 2 heterocycles. The first-order valence-corrected chi connectivity index (χ1v) is 22.7. The number of ether oxygens (including phenoxy) is 2. The first kappa shape index (κ1) is 36.4. The zero-order chi connectivity index (χ0) is 42.7. The quantitative estimate of drug-likeness (QED) is 0.176. The van der Waals surface area contributed by atoms with E-state index >= 15 is 0 Å². The Kier molecular flexibility index (Phi) is 7.65. The van der Waals surface area contributed by atoms with E-state index in [1.165, 1.54) is 44.5 Å². The maximum atomic E-state index is 7.41. The third kappa shape index (κ3) is 4.79. The van der Waals surface area contributed by atoms with Gasteiger partial charge >= 0.3 is 0 Å². The van der Waals surface area contributed by atoms with E-state index in [0.29, 0.717) is 0 Å². The van der Waals surface area contributed by atoms with Crippen LogP contribution >= 0.6 is 0 Å². The zero-order valence-corrected chi connectivity index (χ0v) is 35.4. The molecule has 9 aromatic rings. The minimum Gasteiger partial charge on any atom is -0.457 e. The summed E-state index contributed by atoms with van der Waals surface area (Å²) in [6.45, 7) is 0. The predicted molar refractivity (Wildman–Crippen MR) is 261 cm³/mol. The molecule has 3 nitrogen and oxygen atoms in total. The number of rotatable bonds is 4. The highest BCUT2D eigenvalue weighted by atomic mass is 16.5. The Morgan fingerprint density at radius 1 is 0.385 bits per heavy atom. The number of hydrogen-bond acceptors (Lipinski definition) is 3. The molecule has 14 rings (SSSR count). The lowest BCUT2D eigenvalue weighted by Gasteiger charge is -2.44. The van der Waals surface area contributed by atoms with Crippen molar-refractivity contribution in [1.29, 1.82) is 0 Å². The molecule has 2 spiro atoms. The summed E-state index contributed by atoms with van der Waals surface area (Å²) in [6.07, 6.45) is 9.29. The second-order valence-electron chi connectivity index (χ2n) is 17.8. The van der Waals surface area contributed by atoms with Gasteiger partial charge in [-0.15, -0.1) is 0 Å². The van der Waals surface area contributed by atoms with Crippen LogP contribution in [0.15, 0.2) is 237 Å². The fourth-order valence-electron chi connectivity index (χ4n) is 12.5. The van der Waals surface area contributed by atoms with Crippen molar-refractivity contribution in [2.24, 2.45) is 5.92 Å². The molecule has 306 valence electrons. The Morgan fingerprint density at radius 3 is 1.74 bits per heavy atom. The SMILES string of the molecule is C1=CC2c3ccccc3C3(c4ccccc4Oc4c(N(c5ccc6c(c5)C5(c7ccccc7Oc7ccccc75)c5ccccc5-6)c5ccccc5-c5ccccc5)cccc43)C2C=C1. The van der Waals surface area contributed by atoms with Crippen LogP contribution in [0.2, 0.25) is 0 Å². The molecule has 65 heavy (non-hydrogen) atoms. The Labute approximate surface area is 378 Å². The standard InChI is InChI=1S/C62H41NO2/c1-2-19-40(20-3-1)42-21-7-14-32-55(42)63(41-37-38-46-45-24-6-10-27-49(45)62(54(46)39-41)50-28-11-15-34-57(50)64-58-35-16-12-29-51(58)62)56-33-18-31-53-60(56)65-59-36-17-13-30-52(59)61(53)47-25-8-4-22-43(47)44-23-5-9-26-48(44)61/h1-39,43,47H. The molecule has 0 saturated heterocycles. The van der Waals surface area contributed by atoms with Crippen molar-refractivity contribution < 1.29 is 9.47 Å². The molecule has 0 saturated carbocycles. The van der Waals surface area contributed by atoms with Crippen LogP contribution in [0.3, 0.4) is 0 Å². The predicted octanol–water partition coefficient (Wildman–Crippen LogP) is 15.6. The van der Waals surface area contributed by atoms with Gasteiger partial charge in [0.05, 0.1) is 22.2 Å². The van der Waals surface area contributed by atoms with Crippen LogP contribution in [0.4, 0.5) is 17.1 Å². The summed E-state index contributed by atoms with van der Waals surface area (Å²) in [4.78, 5) is 2.46. The van der Waals surface area contributed by atoms with E-state index in [4.69, 9.17) is 9.47 Å². The minimum absolute atomic E-state index is 0.154. The number of allylic oxidation sites excluding steroid dienone is 4. The van der Waals surface area contributed by atoms with Crippen molar-refractivity contribution in [2.45, 2.75) is 16.7 Å². The molecule has 0 aromatic heterocycles. The normalized spacial score (nSPS) is 19.1. The van der Waals surface area contributed by atoms with Gasteiger partial charge in [0.15, 0.2) is 5.75 Å². The molecule has 3 atom stereocenters. The van der Waals surface area contributed by atoms with E-state index in [9.17, 15) is 0 Å². The van der Waals surface area contributed by atoms with Crippen molar-refractivity contribution in [3.8, 4) is 45.3 Å². The minimum atomic E-state index is -0.628. The smallest absolute Gasteiger partial charge is 0.155 e. The lowest BCUT2D eigenvalue weighted by atomic mass is 9.62. The van der Waals surface area contributed by atoms with Crippen molar-refractivity contribution in [3.05, 3.63) is 281 Å². The highest BCUT2D eigenvalue weighted by molar-refractivity contribution is 5.95. The van der Waals surface area contributed by atoms with E-state index in [0.717, 1.165) is 62.3 Å². The second-order valence-corrected chi connectivity index (χ2v) is 17.8. The van der Waals surface area contributed by atoms with Gasteiger partial charge in [-0.1, -0.05) is 194 Å². The van der Waals surface area contributed by atoms with Crippen molar-refractivity contribution in [3.63, 3.8) is 0 Å². The average Bonchev–Trinajstić information content (AvgIpc) is 3.83. The topological polar surface area (TPSA) is 21.7 Å². The molecule has 0 fully saturated rings. The molecule has 3 unspecified atom stereocenters. The summed E-state index contributed by atoms with van der Waals surface area (Å²) in [7, 11) is 0. The van der Waals surface area contributed by atoms with E-state index in [2.05, 4.69) is 242 Å². The van der Waals surface area contributed by atoms with Gasteiger partial charge in [-0.3, -0.25) is 0 Å². The van der Waals surface area contributed by atoms with E-state index in [1.807, 2.05) is 0 Å². The third-order valence-electron chi connectivity index (χ3n) is 14.9. The van der Waals surface area contributed by atoms with Crippen LogP contribution < -0.4 is 14.4 Å². The summed E-state index contributed by atoms with van der Waals surface area (Å²) in [5, 5.41) is 0. The number of anilines is 3. The van der Waals surface area contributed by atoms with Gasteiger partial charge in [-0.2, -0.15) is 0 Å². The monoisotopic (exact) mass is 831 g/mol. The van der Waals surface area contributed by atoms with Gasteiger partial charge < -0.3 is 14.4 Å². The zero-order valence-electron chi connectivity index (χ0n) is 35.4. The van der Waals surface area contributed by atoms with Crippen LogP contribution in [0.25, 0.3) is 22.3 Å². The van der Waals surface area contributed by atoms with Crippen LogP contribution in [0, 0.1) is 5.92 Å². The summed E-state index contributed by atoms with van der Waals surface area (Å²) < 4.78 is 14.1. The molecule has 0 amide bonds. The molecule has 0 bridgehead atoms. The fourth-order valence-corrected chi connectivity index (χ4v) is 12.5. The number of hydrogen-bond donors (Lipinski definition) is 0. The van der Waals surface area contributed by atoms with Gasteiger partial charge in [0.1, 0.15) is 17.2 Å². The van der Waals surface area contributed by atoms with E-state index < -0.39 is 10.8 Å². The summed E-state index contributed by atoms with van der Waals surface area (Å²) in [5.41, 5.74) is 16.5. The molecular formula is C62H41NO2. The molecular weight excluding hydrogens is 791 g/mol. The van der Waals surface area contributed by atoms with Gasteiger partial charge in [0.25, 0.3) is 0 Å². The molecule has 3 aliphatic carbocycles. The number of nitrogens with zero attached hydrogens (tertiary/aromatic N) is 1. The van der Waals surface area contributed by atoms with Crippen LogP contribution in [0.1, 0.15) is 50.4 Å². The van der Waals surface area contributed by atoms with Gasteiger partial charge in [-0.05, 0) is 81.4 Å². The Bertz CT molecular complexity index is 3450. The molecule has 5 aliphatic rings. The summed E-state index contributed by atoms with van der Waals surface area (Å²) in [5.74, 6) is 3.90. The first-order chi connectivity index (χ1) is 32.3. The molecule has 3 heteroatoms. The Hall–Kier alpha value is -8.14. The average molecular weight is 832 g/mol. The second kappa shape index (κ2) is 13.7. The number of fused-ring (bicyclic) bond motifs is 18. The highest BCUT2D eigenvalue weighted by Crippen LogP contribution is 2.67. The first-order valence-electron chi connectivity index (χ1n) is 22.7. The van der Waals surface area contributed by atoms with Gasteiger partial charge in [-0.25, -0.2) is 0 Å².